The maximum atomic E-state index is 12.3. The molecule has 0 aromatic heterocycles. The van der Waals surface area contributed by atoms with Crippen LogP contribution >= 0.6 is 31.9 Å². The Morgan fingerprint density at radius 3 is 2.21 bits per heavy atom. The van der Waals surface area contributed by atoms with Crippen molar-refractivity contribution in [1.82, 2.24) is 0 Å². The number of aliphatic hydroxyl groups is 1. The first-order chi connectivity index (χ1) is 6.36. The molecule has 1 nitrogen and oxygen atoms in total. The number of rotatable bonds is 1. The van der Waals surface area contributed by atoms with E-state index in [1.807, 2.05) is 0 Å². The number of aliphatic hydroxyl groups excluding tert-OH is 1. The van der Waals surface area contributed by atoms with Gasteiger partial charge in [-0.05, 0) is 49.6 Å². The second-order valence-corrected chi connectivity index (χ2v) is 4.23. The van der Waals surface area contributed by atoms with Gasteiger partial charge in [0.05, 0.1) is 12.2 Å². The summed E-state index contributed by atoms with van der Waals surface area (Å²) in [6.45, 7) is -0.441. The van der Waals surface area contributed by atoms with E-state index in [0.29, 0.717) is 4.47 Å². The van der Waals surface area contributed by atoms with Gasteiger partial charge in [0.25, 0.3) is 0 Å². The summed E-state index contributed by atoms with van der Waals surface area (Å²) >= 11 is 6.04. The molecule has 0 saturated carbocycles. The van der Waals surface area contributed by atoms with Crippen LogP contribution in [0.25, 0.3) is 0 Å². The monoisotopic (exact) mass is 332 g/mol. The molecular weight excluding hydrogens is 329 g/mol. The summed E-state index contributed by atoms with van der Waals surface area (Å²) in [6, 6.07) is 1.87. The lowest BCUT2D eigenvalue weighted by molar-refractivity contribution is -0.137. The van der Waals surface area contributed by atoms with Crippen molar-refractivity contribution in [3.8, 4) is 0 Å². The average Bonchev–Trinajstić information content (AvgIpc) is 2.07. The smallest absolute Gasteiger partial charge is 0.392 e. The van der Waals surface area contributed by atoms with Gasteiger partial charge >= 0.3 is 6.18 Å². The van der Waals surface area contributed by atoms with Crippen LogP contribution in [0.2, 0.25) is 0 Å². The van der Waals surface area contributed by atoms with Crippen LogP contribution in [0.5, 0.6) is 0 Å². The third-order valence-corrected chi connectivity index (χ3v) is 3.70. The van der Waals surface area contributed by atoms with Gasteiger partial charge in [0, 0.05) is 8.95 Å². The Morgan fingerprint density at radius 2 is 1.79 bits per heavy atom. The second kappa shape index (κ2) is 4.20. The van der Waals surface area contributed by atoms with Gasteiger partial charge in [-0.2, -0.15) is 13.2 Å². The Bertz CT molecular complexity index is 349. The molecule has 1 aromatic carbocycles. The Hall–Kier alpha value is -0.0700. The largest absolute Gasteiger partial charge is 0.416 e. The van der Waals surface area contributed by atoms with Crippen molar-refractivity contribution in [2.24, 2.45) is 0 Å². The van der Waals surface area contributed by atoms with Gasteiger partial charge < -0.3 is 5.11 Å². The minimum atomic E-state index is -4.40. The summed E-state index contributed by atoms with van der Waals surface area (Å²) in [5, 5.41) is 8.81. The van der Waals surface area contributed by atoms with Crippen LogP contribution in [0.1, 0.15) is 11.1 Å². The molecule has 0 aliphatic rings. The van der Waals surface area contributed by atoms with E-state index in [-0.39, 0.29) is 10.0 Å². The molecule has 14 heavy (non-hydrogen) atoms. The zero-order chi connectivity index (χ0) is 10.9. The van der Waals surface area contributed by atoms with Crippen LogP contribution < -0.4 is 0 Å². The maximum absolute atomic E-state index is 12.3. The van der Waals surface area contributed by atoms with E-state index in [1.165, 1.54) is 0 Å². The second-order valence-electron chi connectivity index (χ2n) is 2.59. The Kier molecular flexibility index (Phi) is 3.60. The van der Waals surface area contributed by atoms with E-state index in [1.54, 1.807) is 0 Å². The summed E-state index contributed by atoms with van der Waals surface area (Å²) in [5.74, 6) is 0. The van der Waals surface area contributed by atoms with Crippen LogP contribution in [0, 0.1) is 0 Å². The molecule has 0 saturated heterocycles. The van der Waals surface area contributed by atoms with Gasteiger partial charge in [0.15, 0.2) is 0 Å². The molecule has 0 fully saturated rings. The summed E-state index contributed by atoms with van der Waals surface area (Å²) in [5.41, 5.74) is -0.580. The van der Waals surface area contributed by atoms with Gasteiger partial charge in [0.2, 0.25) is 0 Å². The fraction of sp³-hybridized carbons (Fsp3) is 0.250. The van der Waals surface area contributed by atoms with Gasteiger partial charge in [0.1, 0.15) is 0 Å². The van der Waals surface area contributed by atoms with Crippen molar-refractivity contribution in [2.75, 3.05) is 0 Å². The molecule has 6 heteroatoms. The molecule has 78 valence electrons. The minimum Gasteiger partial charge on any atom is -0.392 e. The molecule has 1 aromatic rings. The van der Waals surface area contributed by atoms with E-state index < -0.39 is 18.3 Å². The number of hydrogen-bond acceptors (Lipinski definition) is 1. The van der Waals surface area contributed by atoms with Gasteiger partial charge in [-0.15, -0.1) is 0 Å². The first kappa shape index (κ1) is 12.0. The summed E-state index contributed by atoms with van der Waals surface area (Å²) in [4.78, 5) is 0. The Labute approximate surface area is 95.2 Å². The number of hydrogen-bond donors (Lipinski definition) is 1. The zero-order valence-electron chi connectivity index (χ0n) is 6.70. The standard InChI is InChI=1S/C8H5Br2F3O/c9-6-2-5(8(11,12)13)1-4(3-14)7(6)10/h1-2,14H,3H2. The first-order valence-corrected chi connectivity index (χ1v) is 5.11. The molecule has 0 aliphatic carbocycles. The van der Waals surface area contributed by atoms with Crippen molar-refractivity contribution in [3.63, 3.8) is 0 Å². The minimum absolute atomic E-state index is 0.201. The number of halogens is 5. The van der Waals surface area contributed by atoms with Crippen LogP contribution in [-0.4, -0.2) is 5.11 Å². The van der Waals surface area contributed by atoms with Crippen LogP contribution in [0.15, 0.2) is 21.1 Å². The van der Waals surface area contributed by atoms with E-state index >= 15 is 0 Å². The molecule has 0 bridgehead atoms. The first-order valence-electron chi connectivity index (χ1n) is 3.52. The lowest BCUT2D eigenvalue weighted by atomic mass is 10.1. The highest BCUT2D eigenvalue weighted by molar-refractivity contribution is 9.13. The topological polar surface area (TPSA) is 20.2 Å². The SMILES string of the molecule is OCc1cc(C(F)(F)F)cc(Br)c1Br. The predicted molar refractivity (Wildman–Crippen MR) is 52.8 cm³/mol. The summed E-state index contributed by atoms with van der Waals surface area (Å²) in [7, 11) is 0. The highest BCUT2D eigenvalue weighted by Crippen LogP contribution is 2.36. The van der Waals surface area contributed by atoms with Crippen molar-refractivity contribution < 1.29 is 18.3 Å². The van der Waals surface area contributed by atoms with E-state index in [0.717, 1.165) is 12.1 Å². The molecule has 0 atom stereocenters. The zero-order valence-corrected chi connectivity index (χ0v) is 9.87. The Morgan fingerprint density at radius 1 is 1.21 bits per heavy atom. The highest BCUT2D eigenvalue weighted by Gasteiger charge is 2.31. The predicted octanol–water partition coefficient (Wildman–Crippen LogP) is 3.72. The van der Waals surface area contributed by atoms with Crippen LogP contribution in [0.3, 0.4) is 0 Å². The van der Waals surface area contributed by atoms with Crippen molar-refractivity contribution in [1.29, 1.82) is 0 Å². The average molecular weight is 334 g/mol. The van der Waals surface area contributed by atoms with E-state index in [2.05, 4.69) is 31.9 Å². The van der Waals surface area contributed by atoms with Crippen LogP contribution in [-0.2, 0) is 12.8 Å². The highest BCUT2D eigenvalue weighted by atomic mass is 79.9. The van der Waals surface area contributed by atoms with Gasteiger partial charge in [-0.1, -0.05) is 0 Å². The van der Waals surface area contributed by atoms with E-state index in [4.69, 9.17) is 5.11 Å². The lowest BCUT2D eigenvalue weighted by Crippen LogP contribution is -2.06. The van der Waals surface area contributed by atoms with Crippen molar-refractivity contribution in [3.05, 3.63) is 32.2 Å². The third-order valence-electron chi connectivity index (χ3n) is 1.60. The third kappa shape index (κ3) is 2.49. The fourth-order valence-electron chi connectivity index (χ4n) is 0.925. The lowest BCUT2D eigenvalue weighted by Gasteiger charge is -2.10. The molecular formula is C8H5Br2F3O. The summed E-state index contributed by atoms with van der Waals surface area (Å²) in [6.07, 6.45) is -4.40. The summed E-state index contributed by atoms with van der Waals surface area (Å²) < 4.78 is 37.6. The van der Waals surface area contributed by atoms with Gasteiger partial charge in [-0.25, -0.2) is 0 Å². The Balaban J connectivity index is 3.30. The normalized spacial score (nSPS) is 11.9. The molecule has 0 amide bonds. The molecule has 1 N–H and O–H groups in total. The molecule has 1 rings (SSSR count). The van der Waals surface area contributed by atoms with Crippen molar-refractivity contribution in [2.45, 2.75) is 12.8 Å². The maximum Gasteiger partial charge on any atom is 0.416 e. The fourth-order valence-corrected chi connectivity index (χ4v) is 1.78. The number of benzene rings is 1. The molecule has 0 aliphatic heterocycles. The number of alkyl halides is 3. The van der Waals surface area contributed by atoms with Gasteiger partial charge in [-0.3, -0.25) is 0 Å². The molecule has 0 heterocycles. The molecule has 0 unspecified atom stereocenters. The quantitative estimate of drug-likeness (QED) is 0.830. The molecule has 0 radical (unpaired) electrons. The van der Waals surface area contributed by atoms with E-state index in [9.17, 15) is 13.2 Å². The van der Waals surface area contributed by atoms with Crippen molar-refractivity contribution >= 4 is 31.9 Å². The molecule has 0 spiro atoms. The van der Waals surface area contributed by atoms with Crippen LogP contribution in [0.4, 0.5) is 13.2 Å².